The first-order valence-corrected chi connectivity index (χ1v) is 8.61. The largest absolute Gasteiger partial charge is 0.513 e. The highest BCUT2D eigenvalue weighted by atomic mass is 28.4. The lowest BCUT2D eigenvalue weighted by molar-refractivity contribution is -0.190. The predicted octanol–water partition coefficient (Wildman–Crippen LogP) is 3.88. The van der Waals surface area contributed by atoms with Crippen LogP contribution in [-0.4, -0.2) is 20.5 Å². The Morgan fingerprint density at radius 1 is 1.19 bits per heavy atom. The highest BCUT2D eigenvalue weighted by molar-refractivity contribution is 6.72. The zero-order valence-corrected chi connectivity index (χ0v) is 11.0. The van der Waals surface area contributed by atoms with Crippen LogP contribution in [0.3, 0.4) is 0 Å². The normalized spacial score (nSPS) is 12.6. The number of rotatable bonds is 6. The van der Waals surface area contributed by atoms with Gasteiger partial charge < -0.3 is 4.43 Å². The summed E-state index contributed by atoms with van der Waals surface area (Å²) in [7, 11) is -2.50. The number of carbonyl (C=O) groups is 1. The van der Waals surface area contributed by atoms with Gasteiger partial charge in [-0.05, 0) is 19.1 Å². The standard InChI is InChI=1S/C10H19F3O2Si/c1-4-5-6-7-8-16(2,3)15-9(14)10(11,12)13/h4-8H2,1-3H3. The Balaban J connectivity index is 4.00. The molecule has 0 unspecified atom stereocenters. The van der Waals surface area contributed by atoms with Crippen LogP contribution < -0.4 is 0 Å². The molecule has 0 aliphatic carbocycles. The number of alkyl halides is 3. The van der Waals surface area contributed by atoms with Gasteiger partial charge in [0.15, 0.2) is 0 Å². The molecule has 0 aromatic rings. The third kappa shape index (κ3) is 6.87. The lowest BCUT2D eigenvalue weighted by atomic mass is 10.2. The van der Waals surface area contributed by atoms with E-state index >= 15 is 0 Å². The van der Waals surface area contributed by atoms with Crippen molar-refractivity contribution < 1.29 is 22.4 Å². The van der Waals surface area contributed by atoms with Crippen LogP contribution in [-0.2, 0) is 9.22 Å². The van der Waals surface area contributed by atoms with Crippen molar-refractivity contribution in [2.75, 3.05) is 0 Å². The van der Waals surface area contributed by atoms with Crippen molar-refractivity contribution in [2.45, 2.75) is 57.9 Å². The van der Waals surface area contributed by atoms with Crippen LogP contribution in [0.25, 0.3) is 0 Å². The molecule has 0 atom stereocenters. The molecule has 0 heterocycles. The third-order valence-corrected chi connectivity index (χ3v) is 4.53. The molecule has 0 aromatic carbocycles. The van der Waals surface area contributed by atoms with Crippen LogP contribution in [0.4, 0.5) is 13.2 Å². The van der Waals surface area contributed by atoms with Crippen LogP contribution in [0, 0.1) is 0 Å². The molecule has 2 nitrogen and oxygen atoms in total. The van der Waals surface area contributed by atoms with E-state index in [1.807, 2.05) is 0 Å². The first kappa shape index (κ1) is 15.5. The number of unbranched alkanes of at least 4 members (excludes halogenated alkanes) is 3. The minimum absolute atomic E-state index is 0.592. The smallest absolute Gasteiger partial charge is 0.489 e. The van der Waals surface area contributed by atoms with Gasteiger partial charge in [0.2, 0.25) is 8.32 Å². The summed E-state index contributed by atoms with van der Waals surface area (Å²) >= 11 is 0. The Morgan fingerprint density at radius 3 is 2.19 bits per heavy atom. The van der Waals surface area contributed by atoms with Crippen molar-refractivity contribution in [3.8, 4) is 0 Å². The van der Waals surface area contributed by atoms with Crippen LogP contribution in [0.15, 0.2) is 0 Å². The number of hydrogen-bond acceptors (Lipinski definition) is 2. The summed E-state index contributed by atoms with van der Waals surface area (Å²) in [5.74, 6) is -2.04. The topological polar surface area (TPSA) is 26.3 Å². The molecule has 6 heteroatoms. The molecule has 0 saturated heterocycles. The average molecular weight is 256 g/mol. The van der Waals surface area contributed by atoms with Gasteiger partial charge in [0.1, 0.15) is 0 Å². The van der Waals surface area contributed by atoms with Gasteiger partial charge in [0.25, 0.3) is 0 Å². The summed E-state index contributed by atoms with van der Waals surface area (Å²) < 4.78 is 40.5. The summed E-state index contributed by atoms with van der Waals surface area (Å²) in [5, 5.41) is 0. The second-order valence-corrected chi connectivity index (χ2v) is 8.68. The molecule has 0 aromatic heterocycles. The molecule has 0 spiro atoms. The van der Waals surface area contributed by atoms with E-state index in [-0.39, 0.29) is 0 Å². The fraction of sp³-hybridized carbons (Fsp3) is 0.900. The predicted molar refractivity (Wildman–Crippen MR) is 58.6 cm³/mol. The molecule has 0 saturated carbocycles. The number of hydrogen-bond donors (Lipinski definition) is 0. The van der Waals surface area contributed by atoms with Crippen molar-refractivity contribution in [1.82, 2.24) is 0 Å². The second-order valence-electron chi connectivity index (χ2n) is 4.46. The second kappa shape index (κ2) is 6.27. The Hall–Kier alpha value is -0.523. The molecule has 0 rings (SSSR count). The summed E-state index contributed by atoms with van der Waals surface area (Å²) in [4.78, 5) is 10.7. The molecule has 0 amide bonds. The van der Waals surface area contributed by atoms with Crippen molar-refractivity contribution in [3.05, 3.63) is 0 Å². The fourth-order valence-electron chi connectivity index (χ4n) is 1.34. The molecule has 0 bridgehead atoms. The van der Waals surface area contributed by atoms with Gasteiger partial charge in [0, 0.05) is 0 Å². The molecule has 0 N–H and O–H groups in total. The first-order valence-electron chi connectivity index (χ1n) is 5.49. The zero-order valence-electron chi connectivity index (χ0n) is 9.99. The lowest BCUT2D eigenvalue weighted by Crippen LogP contribution is -2.39. The van der Waals surface area contributed by atoms with Gasteiger partial charge in [-0.2, -0.15) is 13.2 Å². The van der Waals surface area contributed by atoms with Gasteiger partial charge in [-0.15, -0.1) is 0 Å². The Labute approximate surface area is 95.3 Å². The highest BCUT2D eigenvalue weighted by Gasteiger charge is 2.44. The SMILES string of the molecule is CCCCCC[Si](C)(C)OC(=O)C(F)(F)F. The van der Waals surface area contributed by atoms with Crippen LogP contribution >= 0.6 is 0 Å². The van der Waals surface area contributed by atoms with Crippen molar-refractivity contribution in [1.29, 1.82) is 0 Å². The van der Waals surface area contributed by atoms with Gasteiger partial charge in [-0.1, -0.05) is 32.6 Å². The maximum Gasteiger partial charge on any atom is 0.489 e. The van der Waals surface area contributed by atoms with E-state index in [9.17, 15) is 18.0 Å². The van der Waals surface area contributed by atoms with E-state index in [1.165, 1.54) is 0 Å². The maximum absolute atomic E-state index is 12.0. The summed E-state index contributed by atoms with van der Waals surface area (Å²) in [6.07, 6.45) is -0.912. The van der Waals surface area contributed by atoms with Gasteiger partial charge in [0.05, 0.1) is 0 Å². The van der Waals surface area contributed by atoms with E-state index < -0.39 is 20.5 Å². The highest BCUT2D eigenvalue weighted by Crippen LogP contribution is 2.23. The Bertz CT molecular complexity index is 227. The Kier molecular flexibility index (Phi) is 6.07. The fourth-order valence-corrected chi connectivity index (χ4v) is 3.16. The van der Waals surface area contributed by atoms with E-state index in [0.717, 1.165) is 25.7 Å². The van der Waals surface area contributed by atoms with Gasteiger partial charge >= 0.3 is 12.1 Å². The minimum atomic E-state index is -4.87. The van der Waals surface area contributed by atoms with E-state index in [0.29, 0.717) is 6.04 Å². The maximum atomic E-state index is 12.0. The van der Waals surface area contributed by atoms with E-state index in [1.54, 1.807) is 13.1 Å². The monoisotopic (exact) mass is 256 g/mol. The summed E-state index contributed by atoms with van der Waals surface area (Å²) in [5.41, 5.74) is 0. The molecular weight excluding hydrogens is 237 g/mol. The molecule has 16 heavy (non-hydrogen) atoms. The van der Waals surface area contributed by atoms with E-state index in [2.05, 4.69) is 11.3 Å². The van der Waals surface area contributed by atoms with Crippen LogP contribution in [0.1, 0.15) is 32.6 Å². The first-order chi connectivity index (χ1) is 7.19. The van der Waals surface area contributed by atoms with Crippen LogP contribution in [0.5, 0.6) is 0 Å². The van der Waals surface area contributed by atoms with Crippen molar-refractivity contribution in [3.63, 3.8) is 0 Å². The summed E-state index contributed by atoms with van der Waals surface area (Å²) in [6, 6.07) is 0.592. The zero-order chi connectivity index (χ0) is 12.8. The molecule has 96 valence electrons. The molecular formula is C10H19F3O2Si. The molecule has 0 aliphatic heterocycles. The number of carbonyl (C=O) groups excluding carboxylic acids is 1. The quantitative estimate of drug-likeness (QED) is 0.532. The molecule has 0 aliphatic rings. The van der Waals surface area contributed by atoms with E-state index in [4.69, 9.17) is 0 Å². The van der Waals surface area contributed by atoms with Crippen LogP contribution in [0.2, 0.25) is 19.1 Å². The summed E-state index contributed by atoms with van der Waals surface area (Å²) in [6.45, 7) is 5.34. The average Bonchev–Trinajstić information content (AvgIpc) is 2.10. The Morgan fingerprint density at radius 2 is 1.75 bits per heavy atom. The molecule has 0 radical (unpaired) electrons. The van der Waals surface area contributed by atoms with Gasteiger partial charge in [-0.3, -0.25) is 0 Å². The molecule has 0 fully saturated rings. The number of halogens is 3. The van der Waals surface area contributed by atoms with Gasteiger partial charge in [-0.25, -0.2) is 4.79 Å². The minimum Gasteiger partial charge on any atom is -0.513 e. The van der Waals surface area contributed by atoms with Crippen molar-refractivity contribution >= 4 is 14.3 Å². The van der Waals surface area contributed by atoms with Crippen molar-refractivity contribution in [2.24, 2.45) is 0 Å². The lowest BCUT2D eigenvalue weighted by Gasteiger charge is -2.23. The third-order valence-electron chi connectivity index (χ3n) is 2.23.